The van der Waals surface area contributed by atoms with E-state index in [1.165, 1.54) is 0 Å². The van der Waals surface area contributed by atoms with Gasteiger partial charge in [-0.1, -0.05) is 30.3 Å². The zero-order valence-corrected chi connectivity index (χ0v) is 8.92. The molecule has 0 saturated carbocycles. The zero-order chi connectivity index (χ0) is 11.7. The van der Waals surface area contributed by atoms with Crippen LogP contribution < -0.4 is 0 Å². The van der Waals surface area contributed by atoms with Crippen molar-refractivity contribution in [1.82, 2.24) is 9.97 Å². The summed E-state index contributed by atoms with van der Waals surface area (Å²) in [6.07, 6.45) is 3.35. The zero-order valence-electron chi connectivity index (χ0n) is 8.92. The summed E-state index contributed by atoms with van der Waals surface area (Å²) in [7, 11) is 0. The van der Waals surface area contributed by atoms with Crippen molar-refractivity contribution >= 4 is 16.7 Å². The van der Waals surface area contributed by atoms with E-state index in [1.807, 2.05) is 36.4 Å². The third-order valence-electron chi connectivity index (χ3n) is 2.71. The number of aromatic amines is 1. The van der Waals surface area contributed by atoms with E-state index in [0.29, 0.717) is 11.3 Å². The summed E-state index contributed by atoms with van der Waals surface area (Å²) in [5.74, 6) is 0. The molecule has 0 unspecified atom stereocenters. The topological polar surface area (TPSA) is 58.1 Å². The van der Waals surface area contributed by atoms with E-state index >= 15 is 0 Å². The van der Waals surface area contributed by atoms with E-state index in [4.69, 9.17) is 0 Å². The molecule has 0 aliphatic heterocycles. The molecule has 0 fully saturated rings. The molecule has 0 aliphatic carbocycles. The van der Waals surface area contributed by atoms with Crippen molar-refractivity contribution < 1.29 is 0 Å². The number of pyridine rings is 1. The number of nitroso groups, excluding NO2 is 1. The molecule has 0 aliphatic rings. The minimum Gasteiger partial charge on any atom is -0.344 e. The molecular weight excluding hydrogens is 214 g/mol. The summed E-state index contributed by atoms with van der Waals surface area (Å²) >= 11 is 0. The van der Waals surface area contributed by atoms with Gasteiger partial charge in [-0.05, 0) is 16.8 Å². The SMILES string of the molecule is O=Nc1c[nH]c2ncc(-c3ccccc3)cc12. The average molecular weight is 223 g/mol. The Bertz CT molecular complexity index is 673. The first-order chi connectivity index (χ1) is 8.38. The molecule has 0 saturated heterocycles. The molecule has 1 N–H and O–H groups in total. The maximum Gasteiger partial charge on any atom is 0.139 e. The van der Waals surface area contributed by atoms with E-state index in [1.54, 1.807) is 12.4 Å². The molecule has 0 radical (unpaired) electrons. The average Bonchev–Trinajstić information content (AvgIpc) is 2.81. The Labute approximate surface area is 97.3 Å². The van der Waals surface area contributed by atoms with E-state index < -0.39 is 0 Å². The fourth-order valence-electron chi connectivity index (χ4n) is 1.85. The second kappa shape index (κ2) is 3.83. The summed E-state index contributed by atoms with van der Waals surface area (Å²) in [6.45, 7) is 0. The molecule has 82 valence electrons. The minimum atomic E-state index is 0.394. The van der Waals surface area contributed by atoms with Gasteiger partial charge in [0.25, 0.3) is 0 Å². The van der Waals surface area contributed by atoms with Crippen molar-refractivity contribution in [2.45, 2.75) is 0 Å². The van der Waals surface area contributed by atoms with Gasteiger partial charge in [0, 0.05) is 23.3 Å². The van der Waals surface area contributed by atoms with Crippen molar-refractivity contribution in [3.8, 4) is 11.1 Å². The molecule has 1 aromatic carbocycles. The largest absolute Gasteiger partial charge is 0.344 e. The highest BCUT2D eigenvalue weighted by Gasteiger charge is 2.06. The highest BCUT2D eigenvalue weighted by atomic mass is 16.3. The molecule has 4 nitrogen and oxygen atoms in total. The van der Waals surface area contributed by atoms with E-state index in [-0.39, 0.29) is 0 Å². The molecule has 3 aromatic rings. The lowest BCUT2D eigenvalue weighted by Gasteiger charge is -2.00. The predicted molar refractivity (Wildman–Crippen MR) is 67.0 cm³/mol. The first-order valence-electron chi connectivity index (χ1n) is 5.24. The van der Waals surface area contributed by atoms with Crippen molar-refractivity contribution in [2.24, 2.45) is 5.18 Å². The number of H-pyrrole nitrogens is 1. The van der Waals surface area contributed by atoms with Crippen molar-refractivity contribution in [3.63, 3.8) is 0 Å². The van der Waals surface area contributed by atoms with E-state index in [0.717, 1.165) is 16.5 Å². The summed E-state index contributed by atoms with van der Waals surface area (Å²) in [5, 5.41) is 3.72. The van der Waals surface area contributed by atoms with Gasteiger partial charge in [0.1, 0.15) is 11.3 Å². The van der Waals surface area contributed by atoms with Gasteiger partial charge in [-0.3, -0.25) is 0 Å². The molecule has 0 amide bonds. The molecule has 4 heteroatoms. The first kappa shape index (κ1) is 9.72. The van der Waals surface area contributed by atoms with Crippen LogP contribution in [0.1, 0.15) is 0 Å². The maximum atomic E-state index is 10.6. The highest BCUT2D eigenvalue weighted by molar-refractivity contribution is 5.91. The van der Waals surface area contributed by atoms with Crippen molar-refractivity contribution in [1.29, 1.82) is 0 Å². The summed E-state index contributed by atoms with van der Waals surface area (Å²) in [5.41, 5.74) is 3.12. The lowest BCUT2D eigenvalue weighted by atomic mass is 10.1. The van der Waals surface area contributed by atoms with Gasteiger partial charge in [-0.25, -0.2) is 4.98 Å². The summed E-state index contributed by atoms with van der Waals surface area (Å²) in [6, 6.07) is 11.8. The van der Waals surface area contributed by atoms with Gasteiger partial charge in [0.05, 0.1) is 0 Å². The Morgan fingerprint density at radius 3 is 2.71 bits per heavy atom. The Hall–Kier alpha value is -2.49. The number of fused-ring (bicyclic) bond motifs is 1. The molecule has 17 heavy (non-hydrogen) atoms. The molecule has 0 bridgehead atoms. The second-order valence-corrected chi connectivity index (χ2v) is 3.75. The Balaban J connectivity index is 2.22. The number of hydrogen-bond donors (Lipinski definition) is 1. The van der Waals surface area contributed by atoms with Crippen LogP contribution in [0, 0.1) is 4.91 Å². The maximum absolute atomic E-state index is 10.6. The number of benzene rings is 1. The van der Waals surface area contributed by atoms with Crippen molar-refractivity contribution in [2.75, 3.05) is 0 Å². The molecule has 2 aromatic heterocycles. The number of nitrogens with zero attached hydrogens (tertiary/aromatic N) is 2. The quantitative estimate of drug-likeness (QED) is 0.674. The van der Waals surface area contributed by atoms with Crippen LogP contribution in [-0.4, -0.2) is 9.97 Å². The molecule has 0 atom stereocenters. The number of hydrogen-bond acceptors (Lipinski definition) is 3. The number of rotatable bonds is 2. The van der Waals surface area contributed by atoms with E-state index in [9.17, 15) is 4.91 Å². The van der Waals surface area contributed by atoms with Crippen LogP contribution >= 0.6 is 0 Å². The fourth-order valence-corrected chi connectivity index (χ4v) is 1.85. The van der Waals surface area contributed by atoms with Crippen LogP contribution in [0.2, 0.25) is 0 Å². The standard InChI is InChI=1S/C13H9N3O/c17-16-12-8-15-13-11(12)6-10(7-14-13)9-4-2-1-3-5-9/h1-8H,(H,14,15). The van der Waals surface area contributed by atoms with Crippen molar-refractivity contribution in [3.05, 3.63) is 53.7 Å². The smallest absolute Gasteiger partial charge is 0.139 e. The second-order valence-electron chi connectivity index (χ2n) is 3.75. The third kappa shape index (κ3) is 1.59. The lowest BCUT2D eigenvalue weighted by Crippen LogP contribution is -1.80. The summed E-state index contributed by atoms with van der Waals surface area (Å²) in [4.78, 5) is 17.8. The number of nitrogens with one attached hydrogen (secondary N) is 1. The van der Waals surface area contributed by atoms with Gasteiger partial charge in [-0.15, -0.1) is 4.91 Å². The highest BCUT2D eigenvalue weighted by Crippen LogP contribution is 2.28. The van der Waals surface area contributed by atoms with Crippen LogP contribution in [0.25, 0.3) is 22.2 Å². The Morgan fingerprint density at radius 2 is 1.94 bits per heavy atom. The third-order valence-corrected chi connectivity index (χ3v) is 2.71. The molecule has 0 spiro atoms. The van der Waals surface area contributed by atoms with Crippen LogP contribution in [0.4, 0.5) is 5.69 Å². The van der Waals surface area contributed by atoms with Gasteiger partial charge in [0.15, 0.2) is 0 Å². The first-order valence-corrected chi connectivity index (χ1v) is 5.24. The normalized spacial score (nSPS) is 10.6. The van der Waals surface area contributed by atoms with Gasteiger partial charge >= 0.3 is 0 Å². The van der Waals surface area contributed by atoms with Gasteiger partial charge in [0.2, 0.25) is 0 Å². The van der Waals surface area contributed by atoms with Crippen LogP contribution in [0.3, 0.4) is 0 Å². The van der Waals surface area contributed by atoms with Gasteiger partial charge < -0.3 is 4.98 Å². The van der Waals surface area contributed by atoms with Gasteiger partial charge in [-0.2, -0.15) is 0 Å². The molecule has 3 rings (SSSR count). The fraction of sp³-hybridized carbons (Fsp3) is 0. The lowest BCUT2D eigenvalue weighted by molar-refractivity contribution is 1.32. The Kier molecular flexibility index (Phi) is 2.19. The minimum absolute atomic E-state index is 0.394. The molecule has 2 heterocycles. The van der Waals surface area contributed by atoms with Crippen LogP contribution in [-0.2, 0) is 0 Å². The summed E-state index contributed by atoms with van der Waals surface area (Å²) < 4.78 is 0. The van der Waals surface area contributed by atoms with Crippen LogP contribution in [0.5, 0.6) is 0 Å². The molecular formula is C13H9N3O. The Morgan fingerprint density at radius 1 is 1.12 bits per heavy atom. The predicted octanol–water partition coefficient (Wildman–Crippen LogP) is 3.63. The van der Waals surface area contributed by atoms with E-state index in [2.05, 4.69) is 15.1 Å². The van der Waals surface area contributed by atoms with Crippen LogP contribution in [0.15, 0.2) is 54.0 Å². The number of aromatic nitrogens is 2. The monoisotopic (exact) mass is 223 g/mol.